The van der Waals surface area contributed by atoms with E-state index >= 15 is 0 Å². The van der Waals surface area contributed by atoms with Crippen molar-refractivity contribution >= 4 is 44.1 Å². The molecule has 0 spiro atoms. The molecule has 1 aromatic carbocycles. The number of imidazole rings is 1. The van der Waals surface area contributed by atoms with E-state index in [0.717, 1.165) is 16.9 Å². The van der Waals surface area contributed by atoms with Crippen LogP contribution in [-0.4, -0.2) is 35.9 Å². The molecule has 0 saturated carbocycles. The molecule has 2 aromatic rings. The van der Waals surface area contributed by atoms with Gasteiger partial charge in [-0.15, -0.1) is 11.6 Å². The van der Waals surface area contributed by atoms with Gasteiger partial charge in [0.25, 0.3) is 0 Å². The van der Waals surface area contributed by atoms with Gasteiger partial charge in [0.1, 0.15) is 15.7 Å². The number of benzene rings is 1. The minimum Gasteiger partial charge on any atom is -0.327 e. The summed E-state index contributed by atoms with van der Waals surface area (Å²) >= 11 is 12.0. The molecule has 110 valence electrons. The van der Waals surface area contributed by atoms with Crippen LogP contribution in [-0.2, 0) is 22.8 Å². The minimum absolute atomic E-state index is 0.150. The first kappa shape index (κ1) is 15.6. The molecule has 0 N–H and O–H groups in total. The lowest BCUT2D eigenvalue weighted by Gasteiger charge is -2.09. The molecule has 0 atom stereocenters. The van der Waals surface area contributed by atoms with Crippen molar-refractivity contribution in [1.29, 1.82) is 0 Å². The smallest absolute Gasteiger partial charge is 0.147 e. The molecule has 0 aliphatic heterocycles. The van der Waals surface area contributed by atoms with Gasteiger partial charge in [-0.05, 0) is 18.6 Å². The van der Waals surface area contributed by atoms with Crippen LogP contribution in [0.3, 0.4) is 0 Å². The average molecular weight is 335 g/mol. The maximum atomic E-state index is 11.2. The Morgan fingerprint density at radius 1 is 1.35 bits per heavy atom. The molecular formula is C13H16Cl2N2O2S. The van der Waals surface area contributed by atoms with Gasteiger partial charge < -0.3 is 4.57 Å². The normalized spacial score (nSPS) is 12.2. The molecule has 0 aliphatic carbocycles. The van der Waals surface area contributed by atoms with Crippen molar-refractivity contribution < 1.29 is 8.42 Å². The molecule has 0 fully saturated rings. The Labute approximate surface area is 128 Å². The van der Waals surface area contributed by atoms with Crippen LogP contribution in [0.2, 0.25) is 5.02 Å². The Morgan fingerprint density at radius 2 is 2.10 bits per heavy atom. The number of hydrogen-bond acceptors (Lipinski definition) is 3. The Hall–Kier alpha value is -0.780. The molecule has 4 nitrogen and oxygen atoms in total. The summed E-state index contributed by atoms with van der Waals surface area (Å²) in [7, 11) is -2.96. The predicted molar refractivity (Wildman–Crippen MR) is 83.5 cm³/mol. The van der Waals surface area contributed by atoms with Crippen molar-refractivity contribution in [3.05, 3.63) is 29.0 Å². The van der Waals surface area contributed by atoms with Crippen LogP contribution in [0.25, 0.3) is 11.0 Å². The maximum Gasteiger partial charge on any atom is 0.147 e. The van der Waals surface area contributed by atoms with E-state index in [1.807, 2.05) is 22.8 Å². The molecule has 0 aliphatic rings. The van der Waals surface area contributed by atoms with E-state index < -0.39 is 9.84 Å². The Bertz CT molecular complexity index is 710. The molecular weight excluding hydrogens is 319 g/mol. The monoisotopic (exact) mass is 334 g/mol. The fourth-order valence-electron chi connectivity index (χ4n) is 2.19. The van der Waals surface area contributed by atoms with Gasteiger partial charge in [0.15, 0.2) is 0 Å². The van der Waals surface area contributed by atoms with E-state index in [4.69, 9.17) is 23.2 Å². The van der Waals surface area contributed by atoms with Crippen molar-refractivity contribution in [3.8, 4) is 0 Å². The number of aryl methyl sites for hydroxylation is 2. The fourth-order valence-corrected chi connectivity index (χ4v) is 3.28. The number of para-hydroxylation sites is 1. The highest BCUT2D eigenvalue weighted by Crippen LogP contribution is 2.25. The van der Waals surface area contributed by atoms with Crippen LogP contribution in [0.4, 0.5) is 0 Å². The van der Waals surface area contributed by atoms with E-state index in [-0.39, 0.29) is 5.75 Å². The summed E-state index contributed by atoms with van der Waals surface area (Å²) in [5.41, 5.74) is 1.67. The third-order valence-corrected chi connectivity index (χ3v) is 4.54. The largest absolute Gasteiger partial charge is 0.327 e. The summed E-state index contributed by atoms with van der Waals surface area (Å²) in [6.45, 7) is 0.569. The van der Waals surface area contributed by atoms with Gasteiger partial charge in [0.2, 0.25) is 0 Å². The molecule has 0 amide bonds. The second-order valence-corrected chi connectivity index (χ2v) is 7.75. The molecule has 0 radical (unpaired) electrons. The van der Waals surface area contributed by atoms with Gasteiger partial charge >= 0.3 is 0 Å². The van der Waals surface area contributed by atoms with Crippen LogP contribution >= 0.6 is 23.2 Å². The lowest BCUT2D eigenvalue weighted by molar-refractivity contribution is 0.590. The lowest BCUT2D eigenvalue weighted by atomic mass is 10.3. The standard InChI is InChI=1S/C13H16Cl2N2O2S/c1-20(18,19)9-3-8-17-12(6-7-14)16-11-5-2-4-10(15)13(11)17/h2,4-5H,3,6-9H2,1H3. The number of alkyl halides is 1. The quantitative estimate of drug-likeness (QED) is 0.763. The average Bonchev–Trinajstić information content (AvgIpc) is 2.68. The molecule has 2 rings (SSSR count). The number of fused-ring (bicyclic) bond motifs is 1. The third-order valence-electron chi connectivity index (χ3n) is 3.01. The van der Waals surface area contributed by atoms with Gasteiger partial charge in [-0.25, -0.2) is 13.4 Å². The number of nitrogens with zero attached hydrogens (tertiary/aromatic N) is 2. The van der Waals surface area contributed by atoms with E-state index in [1.54, 1.807) is 0 Å². The molecule has 7 heteroatoms. The topological polar surface area (TPSA) is 52.0 Å². The summed E-state index contributed by atoms with van der Waals surface area (Å²) in [4.78, 5) is 4.52. The van der Waals surface area contributed by atoms with Crippen LogP contribution in [0.5, 0.6) is 0 Å². The molecule has 0 bridgehead atoms. The Kier molecular flexibility index (Phi) is 4.94. The number of sulfone groups is 1. The van der Waals surface area contributed by atoms with Gasteiger partial charge in [-0.3, -0.25) is 0 Å². The zero-order valence-electron chi connectivity index (χ0n) is 11.1. The number of hydrogen-bond donors (Lipinski definition) is 0. The maximum absolute atomic E-state index is 11.2. The predicted octanol–water partition coefficient (Wildman–Crippen LogP) is 2.91. The first-order valence-corrected chi connectivity index (χ1v) is 9.27. The first-order valence-electron chi connectivity index (χ1n) is 6.29. The van der Waals surface area contributed by atoms with Crippen molar-refractivity contribution in [2.45, 2.75) is 19.4 Å². The van der Waals surface area contributed by atoms with Crippen LogP contribution < -0.4 is 0 Å². The second-order valence-electron chi connectivity index (χ2n) is 4.71. The molecule has 20 heavy (non-hydrogen) atoms. The van der Waals surface area contributed by atoms with Crippen molar-refractivity contribution in [2.75, 3.05) is 17.9 Å². The SMILES string of the molecule is CS(=O)(=O)CCCn1c(CCCl)nc2cccc(Cl)c21. The highest BCUT2D eigenvalue weighted by Gasteiger charge is 2.13. The van der Waals surface area contributed by atoms with Crippen LogP contribution in [0.1, 0.15) is 12.2 Å². The van der Waals surface area contributed by atoms with Gasteiger partial charge in [0.05, 0.1) is 21.8 Å². The van der Waals surface area contributed by atoms with E-state index in [1.165, 1.54) is 6.26 Å². The van der Waals surface area contributed by atoms with Crippen LogP contribution in [0.15, 0.2) is 18.2 Å². The highest BCUT2D eigenvalue weighted by molar-refractivity contribution is 7.90. The second kappa shape index (κ2) is 6.33. The lowest BCUT2D eigenvalue weighted by Crippen LogP contribution is -2.10. The van der Waals surface area contributed by atoms with Gasteiger partial charge in [-0.2, -0.15) is 0 Å². The summed E-state index contributed by atoms with van der Waals surface area (Å²) in [5, 5.41) is 0.621. The number of rotatable bonds is 6. The summed E-state index contributed by atoms with van der Waals surface area (Å²) in [6.07, 6.45) is 2.40. The first-order chi connectivity index (χ1) is 9.42. The Balaban J connectivity index is 2.35. The van der Waals surface area contributed by atoms with Gasteiger partial charge in [0, 0.05) is 25.1 Å². The minimum atomic E-state index is -2.96. The molecule has 0 unspecified atom stereocenters. The van der Waals surface area contributed by atoms with E-state index in [0.29, 0.717) is 30.3 Å². The zero-order chi connectivity index (χ0) is 14.8. The number of aromatic nitrogens is 2. The number of halogens is 2. The van der Waals surface area contributed by atoms with Gasteiger partial charge in [-0.1, -0.05) is 17.7 Å². The van der Waals surface area contributed by atoms with E-state index in [9.17, 15) is 8.42 Å². The van der Waals surface area contributed by atoms with Crippen molar-refractivity contribution in [3.63, 3.8) is 0 Å². The highest BCUT2D eigenvalue weighted by atomic mass is 35.5. The van der Waals surface area contributed by atoms with Crippen molar-refractivity contribution in [2.24, 2.45) is 0 Å². The van der Waals surface area contributed by atoms with Crippen molar-refractivity contribution in [1.82, 2.24) is 9.55 Å². The third kappa shape index (κ3) is 3.65. The zero-order valence-corrected chi connectivity index (χ0v) is 13.5. The Morgan fingerprint density at radius 3 is 2.75 bits per heavy atom. The fraction of sp³-hybridized carbons (Fsp3) is 0.462. The molecule has 1 heterocycles. The molecule has 1 aromatic heterocycles. The molecule has 0 saturated heterocycles. The van der Waals surface area contributed by atoms with E-state index in [2.05, 4.69) is 4.98 Å². The van der Waals surface area contributed by atoms with Crippen LogP contribution in [0, 0.1) is 0 Å². The summed E-state index contributed by atoms with van der Waals surface area (Å²) < 4.78 is 24.4. The summed E-state index contributed by atoms with van der Waals surface area (Å²) in [6, 6.07) is 5.55. The summed E-state index contributed by atoms with van der Waals surface area (Å²) in [5.74, 6) is 1.46.